The van der Waals surface area contributed by atoms with Gasteiger partial charge in [-0.25, -0.2) is 0 Å². The third-order valence-corrected chi connectivity index (χ3v) is 3.93. The van der Waals surface area contributed by atoms with Crippen molar-refractivity contribution in [2.24, 2.45) is 5.92 Å². The van der Waals surface area contributed by atoms with Crippen molar-refractivity contribution < 1.29 is 0 Å². The predicted octanol–water partition coefficient (Wildman–Crippen LogP) is 4.29. The van der Waals surface area contributed by atoms with E-state index in [1.165, 1.54) is 50.5 Å². The van der Waals surface area contributed by atoms with Crippen molar-refractivity contribution >= 4 is 0 Å². The van der Waals surface area contributed by atoms with Crippen LogP contribution in [0.1, 0.15) is 65.2 Å². The van der Waals surface area contributed by atoms with E-state index in [0.717, 1.165) is 18.9 Å². The van der Waals surface area contributed by atoms with E-state index in [1.807, 2.05) is 0 Å². The van der Waals surface area contributed by atoms with Gasteiger partial charge < -0.3 is 5.32 Å². The highest BCUT2D eigenvalue weighted by atomic mass is 14.9. The topological polar surface area (TPSA) is 12.0 Å². The fourth-order valence-corrected chi connectivity index (χ4v) is 2.79. The Kier molecular flexibility index (Phi) is 6.79. The summed E-state index contributed by atoms with van der Waals surface area (Å²) in [6.07, 6.45) is 11.0. The Bertz CT molecular complexity index is 192. The molecule has 0 aromatic heterocycles. The summed E-state index contributed by atoms with van der Waals surface area (Å²) in [7, 11) is 0. The van der Waals surface area contributed by atoms with Crippen LogP contribution in [0, 0.1) is 5.92 Å². The third-order valence-electron chi connectivity index (χ3n) is 3.93. The molecular formula is C15H29N. The van der Waals surface area contributed by atoms with Gasteiger partial charge in [0.1, 0.15) is 0 Å². The highest BCUT2D eigenvalue weighted by Gasteiger charge is 2.17. The number of nitrogens with one attached hydrogen (secondary N) is 1. The van der Waals surface area contributed by atoms with Crippen LogP contribution in [0.3, 0.4) is 0 Å². The highest BCUT2D eigenvalue weighted by molar-refractivity contribution is 4.96. The molecule has 0 heterocycles. The van der Waals surface area contributed by atoms with Gasteiger partial charge in [0.05, 0.1) is 0 Å². The Morgan fingerprint density at radius 3 is 2.56 bits per heavy atom. The maximum Gasteiger partial charge on any atom is 0.0104 e. The van der Waals surface area contributed by atoms with Gasteiger partial charge in [0, 0.05) is 6.04 Å². The first-order valence-electron chi connectivity index (χ1n) is 7.16. The van der Waals surface area contributed by atoms with Gasteiger partial charge in [0.2, 0.25) is 0 Å². The molecule has 1 unspecified atom stereocenters. The summed E-state index contributed by atoms with van der Waals surface area (Å²) in [5, 5.41) is 3.61. The Morgan fingerprint density at radius 2 is 2.00 bits per heavy atom. The van der Waals surface area contributed by atoms with E-state index >= 15 is 0 Å². The third kappa shape index (κ3) is 5.16. The predicted molar refractivity (Wildman–Crippen MR) is 72.7 cm³/mol. The van der Waals surface area contributed by atoms with Crippen molar-refractivity contribution in [2.75, 3.05) is 6.54 Å². The van der Waals surface area contributed by atoms with E-state index in [0.29, 0.717) is 6.04 Å². The summed E-state index contributed by atoms with van der Waals surface area (Å²) in [5.41, 5.74) is 1.40. The Labute approximate surface area is 102 Å². The van der Waals surface area contributed by atoms with Gasteiger partial charge in [-0.3, -0.25) is 0 Å². The van der Waals surface area contributed by atoms with Crippen molar-refractivity contribution in [1.82, 2.24) is 5.32 Å². The van der Waals surface area contributed by atoms with Crippen LogP contribution in [0.2, 0.25) is 0 Å². The van der Waals surface area contributed by atoms with Crippen LogP contribution in [-0.2, 0) is 0 Å². The molecule has 1 heteroatoms. The molecular weight excluding hydrogens is 194 g/mol. The second-order valence-corrected chi connectivity index (χ2v) is 5.29. The second kappa shape index (κ2) is 7.89. The van der Waals surface area contributed by atoms with E-state index in [9.17, 15) is 0 Å². The van der Waals surface area contributed by atoms with Gasteiger partial charge in [-0.15, -0.1) is 0 Å². The summed E-state index contributed by atoms with van der Waals surface area (Å²) < 4.78 is 0. The summed E-state index contributed by atoms with van der Waals surface area (Å²) in [6, 6.07) is 0.679. The second-order valence-electron chi connectivity index (χ2n) is 5.29. The highest BCUT2D eigenvalue weighted by Crippen LogP contribution is 2.29. The molecule has 1 N–H and O–H groups in total. The van der Waals surface area contributed by atoms with E-state index in [-0.39, 0.29) is 0 Å². The first-order valence-corrected chi connectivity index (χ1v) is 7.16. The molecule has 0 aliphatic heterocycles. The zero-order valence-electron chi connectivity index (χ0n) is 11.2. The SMILES string of the molecule is C=C(CC)CC(CCC1CCCC1)NCC. The minimum Gasteiger partial charge on any atom is -0.314 e. The molecule has 1 rings (SSSR count). The fourth-order valence-electron chi connectivity index (χ4n) is 2.79. The fraction of sp³-hybridized carbons (Fsp3) is 0.867. The molecule has 1 aliphatic rings. The molecule has 0 spiro atoms. The average molecular weight is 223 g/mol. The van der Waals surface area contributed by atoms with Crippen molar-refractivity contribution in [1.29, 1.82) is 0 Å². The molecule has 1 saturated carbocycles. The van der Waals surface area contributed by atoms with Crippen LogP contribution in [0.4, 0.5) is 0 Å². The molecule has 0 amide bonds. The summed E-state index contributed by atoms with van der Waals surface area (Å²) in [5.74, 6) is 1.02. The first kappa shape index (κ1) is 13.8. The van der Waals surface area contributed by atoms with Gasteiger partial charge >= 0.3 is 0 Å². The van der Waals surface area contributed by atoms with Crippen molar-refractivity contribution in [3.63, 3.8) is 0 Å². The largest absolute Gasteiger partial charge is 0.314 e. The lowest BCUT2D eigenvalue weighted by Crippen LogP contribution is -2.29. The lowest BCUT2D eigenvalue weighted by Gasteiger charge is -2.20. The molecule has 0 bridgehead atoms. The minimum absolute atomic E-state index is 0.679. The quantitative estimate of drug-likeness (QED) is 0.605. The van der Waals surface area contributed by atoms with Gasteiger partial charge in [0.25, 0.3) is 0 Å². The maximum atomic E-state index is 4.14. The summed E-state index contributed by atoms with van der Waals surface area (Å²) in [6.45, 7) is 9.64. The lowest BCUT2D eigenvalue weighted by molar-refractivity contribution is 0.405. The van der Waals surface area contributed by atoms with E-state index in [1.54, 1.807) is 0 Å². The van der Waals surface area contributed by atoms with Gasteiger partial charge in [-0.05, 0) is 38.1 Å². The molecule has 0 radical (unpaired) electrons. The Morgan fingerprint density at radius 1 is 1.31 bits per heavy atom. The number of rotatable bonds is 8. The van der Waals surface area contributed by atoms with Crippen molar-refractivity contribution in [2.45, 2.75) is 71.3 Å². The molecule has 1 aliphatic carbocycles. The van der Waals surface area contributed by atoms with Crippen LogP contribution < -0.4 is 5.32 Å². The van der Waals surface area contributed by atoms with Crippen LogP contribution in [-0.4, -0.2) is 12.6 Å². The summed E-state index contributed by atoms with van der Waals surface area (Å²) >= 11 is 0. The molecule has 94 valence electrons. The molecule has 16 heavy (non-hydrogen) atoms. The summed E-state index contributed by atoms with van der Waals surface area (Å²) in [4.78, 5) is 0. The van der Waals surface area contributed by atoms with Gasteiger partial charge in [-0.2, -0.15) is 0 Å². The zero-order chi connectivity index (χ0) is 11.8. The van der Waals surface area contributed by atoms with Crippen molar-refractivity contribution in [3.05, 3.63) is 12.2 Å². The average Bonchev–Trinajstić information content (AvgIpc) is 2.79. The smallest absolute Gasteiger partial charge is 0.0104 e. The maximum absolute atomic E-state index is 4.14. The number of hydrogen-bond donors (Lipinski definition) is 1. The molecule has 0 saturated heterocycles. The zero-order valence-corrected chi connectivity index (χ0v) is 11.2. The lowest BCUT2D eigenvalue weighted by atomic mass is 9.95. The molecule has 1 nitrogen and oxygen atoms in total. The van der Waals surface area contributed by atoms with E-state index in [4.69, 9.17) is 0 Å². The molecule has 1 fully saturated rings. The van der Waals surface area contributed by atoms with Crippen LogP contribution in [0.15, 0.2) is 12.2 Å². The normalized spacial score (nSPS) is 18.9. The minimum atomic E-state index is 0.679. The van der Waals surface area contributed by atoms with Crippen LogP contribution in [0.25, 0.3) is 0 Å². The standard InChI is InChI=1S/C15H29N/c1-4-13(3)12-15(16-5-2)11-10-14-8-6-7-9-14/h14-16H,3-12H2,1-2H3. The van der Waals surface area contributed by atoms with Gasteiger partial charge in [0.15, 0.2) is 0 Å². The van der Waals surface area contributed by atoms with Crippen LogP contribution >= 0.6 is 0 Å². The van der Waals surface area contributed by atoms with E-state index in [2.05, 4.69) is 25.7 Å². The molecule has 1 atom stereocenters. The van der Waals surface area contributed by atoms with Crippen molar-refractivity contribution in [3.8, 4) is 0 Å². The first-order chi connectivity index (χ1) is 7.76. The molecule has 0 aromatic rings. The number of hydrogen-bond acceptors (Lipinski definition) is 1. The van der Waals surface area contributed by atoms with Gasteiger partial charge in [-0.1, -0.05) is 51.7 Å². The molecule has 0 aromatic carbocycles. The van der Waals surface area contributed by atoms with Crippen LogP contribution in [0.5, 0.6) is 0 Å². The van der Waals surface area contributed by atoms with E-state index < -0.39 is 0 Å². The Hall–Kier alpha value is -0.300. The monoisotopic (exact) mass is 223 g/mol. The Balaban J connectivity index is 2.23.